The van der Waals surface area contributed by atoms with Gasteiger partial charge in [-0.1, -0.05) is 23.7 Å². The number of pyridine rings is 1. The van der Waals surface area contributed by atoms with Crippen LogP contribution in [-0.2, 0) is 6.42 Å². The number of aryl methyl sites for hydroxylation is 1. The minimum Gasteiger partial charge on any atom is -0.497 e. The molecule has 2 heterocycles. The lowest BCUT2D eigenvalue weighted by molar-refractivity contribution is 0.414. The zero-order valence-corrected chi connectivity index (χ0v) is 20.0. The summed E-state index contributed by atoms with van der Waals surface area (Å²) in [5.41, 5.74) is 1.28. The number of methoxy groups -OCH3 is 1. The highest BCUT2D eigenvalue weighted by Gasteiger charge is 2.25. The standard InChI is InChI=1S/C21H28ClN5O.HI/c1-23-21(25-12-4-7-16-6-3-8-18(14-16)28-2)26-17-10-13-27(15-17)20-19(22)9-5-11-24-20;/h3,5-6,8-9,11,14,17H,4,7,10,12-13,15H2,1-2H3,(H2,23,25,26);1H. The van der Waals surface area contributed by atoms with Crippen molar-refractivity contribution >= 4 is 47.4 Å². The fraction of sp³-hybridized carbons (Fsp3) is 0.429. The van der Waals surface area contributed by atoms with Gasteiger partial charge in [0.2, 0.25) is 0 Å². The molecule has 0 saturated carbocycles. The maximum absolute atomic E-state index is 6.27. The summed E-state index contributed by atoms with van der Waals surface area (Å²) >= 11 is 6.27. The molecule has 0 spiro atoms. The number of nitrogens with one attached hydrogen (secondary N) is 2. The SMILES string of the molecule is CN=C(NCCCc1cccc(OC)c1)NC1CCN(c2ncccc2Cl)C1.I. The maximum atomic E-state index is 6.27. The van der Waals surface area contributed by atoms with E-state index in [1.54, 1.807) is 20.4 Å². The molecule has 1 aliphatic rings. The summed E-state index contributed by atoms with van der Waals surface area (Å²) in [4.78, 5) is 11.0. The monoisotopic (exact) mass is 529 g/mol. The lowest BCUT2D eigenvalue weighted by Crippen LogP contribution is -2.45. The van der Waals surface area contributed by atoms with Gasteiger partial charge < -0.3 is 20.3 Å². The van der Waals surface area contributed by atoms with Gasteiger partial charge in [0.05, 0.1) is 12.1 Å². The van der Waals surface area contributed by atoms with Crippen molar-refractivity contribution in [1.29, 1.82) is 0 Å². The van der Waals surface area contributed by atoms with E-state index < -0.39 is 0 Å². The third-order valence-electron chi connectivity index (χ3n) is 4.86. The van der Waals surface area contributed by atoms with Crippen LogP contribution >= 0.6 is 35.6 Å². The molecule has 1 aromatic heterocycles. The van der Waals surface area contributed by atoms with Crippen LogP contribution in [0.25, 0.3) is 0 Å². The number of guanidine groups is 1. The van der Waals surface area contributed by atoms with E-state index in [-0.39, 0.29) is 24.0 Å². The third kappa shape index (κ3) is 6.92. The van der Waals surface area contributed by atoms with E-state index in [4.69, 9.17) is 16.3 Å². The second-order valence-electron chi connectivity index (χ2n) is 6.84. The molecular weight excluding hydrogens is 501 g/mol. The number of rotatable bonds is 7. The maximum Gasteiger partial charge on any atom is 0.191 e. The normalized spacial score (nSPS) is 16.3. The number of hydrogen-bond acceptors (Lipinski definition) is 4. The molecule has 0 bridgehead atoms. The van der Waals surface area contributed by atoms with E-state index in [1.807, 2.05) is 24.3 Å². The molecule has 6 nitrogen and oxygen atoms in total. The zero-order valence-electron chi connectivity index (χ0n) is 16.9. The molecule has 2 N–H and O–H groups in total. The van der Waals surface area contributed by atoms with Gasteiger partial charge in [-0.25, -0.2) is 4.98 Å². The Morgan fingerprint density at radius 3 is 2.97 bits per heavy atom. The second-order valence-corrected chi connectivity index (χ2v) is 7.25. The number of nitrogens with zero attached hydrogens (tertiary/aromatic N) is 3. The Morgan fingerprint density at radius 1 is 1.34 bits per heavy atom. The first-order valence-electron chi connectivity index (χ1n) is 9.65. The summed E-state index contributed by atoms with van der Waals surface area (Å²) in [6, 6.07) is 12.3. The average molecular weight is 530 g/mol. The topological polar surface area (TPSA) is 61.8 Å². The van der Waals surface area contributed by atoms with E-state index in [9.17, 15) is 0 Å². The fourth-order valence-corrected chi connectivity index (χ4v) is 3.64. The van der Waals surface area contributed by atoms with Crippen molar-refractivity contribution in [2.75, 3.05) is 38.7 Å². The van der Waals surface area contributed by atoms with E-state index in [0.717, 1.165) is 56.4 Å². The largest absolute Gasteiger partial charge is 0.497 e. The van der Waals surface area contributed by atoms with Crippen molar-refractivity contribution in [2.45, 2.75) is 25.3 Å². The van der Waals surface area contributed by atoms with Crippen molar-refractivity contribution in [3.63, 3.8) is 0 Å². The fourth-order valence-electron chi connectivity index (χ4n) is 3.40. The van der Waals surface area contributed by atoms with Gasteiger partial charge >= 0.3 is 0 Å². The molecule has 8 heteroatoms. The van der Waals surface area contributed by atoms with E-state index in [0.29, 0.717) is 11.1 Å². The summed E-state index contributed by atoms with van der Waals surface area (Å²) in [5.74, 6) is 2.60. The van der Waals surface area contributed by atoms with Crippen molar-refractivity contribution in [1.82, 2.24) is 15.6 Å². The van der Waals surface area contributed by atoms with Crippen LogP contribution in [0, 0.1) is 0 Å². The Labute approximate surface area is 195 Å². The number of anilines is 1. The van der Waals surface area contributed by atoms with Crippen LogP contribution in [-0.4, -0.2) is 50.8 Å². The smallest absolute Gasteiger partial charge is 0.191 e. The van der Waals surface area contributed by atoms with Gasteiger partial charge in [-0.15, -0.1) is 24.0 Å². The highest BCUT2D eigenvalue weighted by atomic mass is 127. The third-order valence-corrected chi connectivity index (χ3v) is 5.16. The van der Waals surface area contributed by atoms with Gasteiger partial charge in [0.15, 0.2) is 5.96 Å². The van der Waals surface area contributed by atoms with Crippen LogP contribution in [0.5, 0.6) is 5.75 Å². The van der Waals surface area contributed by atoms with Crippen LogP contribution in [0.2, 0.25) is 5.02 Å². The van der Waals surface area contributed by atoms with Gasteiger partial charge in [0.25, 0.3) is 0 Å². The molecule has 1 aromatic carbocycles. The molecular formula is C21H29ClIN5O. The van der Waals surface area contributed by atoms with E-state index in [2.05, 4.69) is 37.6 Å². The summed E-state index contributed by atoms with van der Waals surface area (Å²) in [5, 5.41) is 7.61. The summed E-state index contributed by atoms with van der Waals surface area (Å²) in [6.07, 6.45) is 4.83. The highest BCUT2D eigenvalue weighted by molar-refractivity contribution is 14.0. The van der Waals surface area contributed by atoms with Gasteiger partial charge in [-0.05, 0) is 49.1 Å². The number of aromatic nitrogens is 1. The first kappa shape index (κ1) is 23.5. The highest BCUT2D eigenvalue weighted by Crippen LogP contribution is 2.25. The quantitative estimate of drug-likeness (QED) is 0.248. The molecule has 0 amide bonds. The molecule has 29 heavy (non-hydrogen) atoms. The Hall–Kier alpha value is -1.74. The van der Waals surface area contributed by atoms with Crippen LogP contribution < -0.4 is 20.3 Å². The van der Waals surface area contributed by atoms with Crippen molar-refractivity contribution in [2.24, 2.45) is 4.99 Å². The van der Waals surface area contributed by atoms with Crippen LogP contribution in [0.3, 0.4) is 0 Å². The van der Waals surface area contributed by atoms with Crippen LogP contribution in [0.4, 0.5) is 5.82 Å². The minimum absolute atomic E-state index is 0. The molecule has 1 atom stereocenters. The Balaban J connectivity index is 0.00000300. The lowest BCUT2D eigenvalue weighted by Gasteiger charge is -2.20. The molecule has 0 aliphatic carbocycles. The molecule has 2 aromatic rings. The Morgan fingerprint density at radius 2 is 2.21 bits per heavy atom. The van der Waals surface area contributed by atoms with Gasteiger partial charge in [-0.2, -0.15) is 0 Å². The predicted molar refractivity (Wildman–Crippen MR) is 131 cm³/mol. The van der Waals surface area contributed by atoms with Gasteiger partial charge in [-0.3, -0.25) is 4.99 Å². The first-order valence-corrected chi connectivity index (χ1v) is 10.0. The van der Waals surface area contributed by atoms with Gasteiger partial charge in [0.1, 0.15) is 11.6 Å². The molecule has 1 fully saturated rings. The number of hydrogen-bond donors (Lipinski definition) is 2. The molecule has 1 aliphatic heterocycles. The summed E-state index contributed by atoms with van der Waals surface area (Å²) < 4.78 is 5.28. The summed E-state index contributed by atoms with van der Waals surface area (Å²) in [7, 11) is 3.50. The average Bonchev–Trinajstić information content (AvgIpc) is 3.19. The molecule has 1 unspecified atom stereocenters. The van der Waals surface area contributed by atoms with E-state index in [1.165, 1.54) is 5.56 Å². The zero-order chi connectivity index (χ0) is 19.8. The van der Waals surface area contributed by atoms with Crippen molar-refractivity contribution < 1.29 is 4.74 Å². The number of halogens is 2. The van der Waals surface area contributed by atoms with E-state index >= 15 is 0 Å². The van der Waals surface area contributed by atoms with Crippen LogP contribution in [0.1, 0.15) is 18.4 Å². The second kappa shape index (κ2) is 12.1. The molecule has 1 saturated heterocycles. The molecule has 0 radical (unpaired) electrons. The first-order chi connectivity index (χ1) is 13.7. The van der Waals surface area contributed by atoms with Crippen LogP contribution in [0.15, 0.2) is 47.6 Å². The molecule has 158 valence electrons. The predicted octanol–water partition coefficient (Wildman–Crippen LogP) is 3.74. The molecule has 3 rings (SSSR count). The Bertz CT molecular complexity index is 804. The minimum atomic E-state index is 0. The number of aliphatic imine (C=N–C) groups is 1. The lowest BCUT2D eigenvalue weighted by atomic mass is 10.1. The number of ether oxygens (including phenoxy) is 1. The Kier molecular flexibility index (Phi) is 9.80. The number of benzene rings is 1. The summed E-state index contributed by atoms with van der Waals surface area (Å²) in [6.45, 7) is 2.65. The van der Waals surface area contributed by atoms with Gasteiger partial charge in [0, 0.05) is 38.9 Å². The van der Waals surface area contributed by atoms with Crippen molar-refractivity contribution in [3.8, 4) is 5.75 Å². The van der Waals surface area contributed by atoms with Crippen molar-refractivity contribution in [3.05, 3.63) is 53.2 Å².